The minimum absolute atomic E-state index is 0.240. The van der Waals surface area contributed by atoms with E-state index in [1.54, 1.807) is 4.68 Å². The molecule has 0 aliphatic carbocycles. The molecule has 0 spiro atoms. The molecule has 7 heteroatoms. The van der Waals surface area contributed by atoms with Crippen molar-refractivity contribution in [3.63, 3.8) is 0 Å². The Bertz CT molecular complexity index is 620. The largest absolute Gasteiger partial charge is 0.382 e. The van der Waals surface area contributed by atoms with Gasteiger partial charge >= 0.3 is 0 Å². The Hall–Kier alpha value is -1.73. The van der Waals surface area contributed by atoms with Crippen molar-refractivity contribution in [1.82, 2.24) is 25.1 Å². The van der Waals surface area contributed by atoms with E-state index in [-0.39, 0.29) is 6.04 Å². The fourth-order valence-corrected chi connectivity index (χ4v) is 2.67. The molecule has 0 bridgehead atoms. The van der Waals surface area contributed by atoms with Gasteiger partial charge in [0.1, 0.15) is 11.3 Å². The third kappa shape index (κ3) is 2.84. The van der Waals surface area contributed by atoms with Gasteiger partial charge in [0.05, 0.1) is 18.4 Å². The van der Waals surface area contributed by atoms with E-state index in [1.807, 2.05) is 33.0 Å². The maximum atomic E-state index is 10.8. The van der Waals surface area contributed by atoms with Crippen LogP contribution in [0.4, 0.5) is 0 Å². The van der Waals surface area contributed by atoms with Crippen LogP contribution < -0.4 is 0 Å². The standard InChI is InChI=1S/C14H21N5O2/c1-10(2)19-8-13(15-17-19)14(20)4-5-18(9-14)7-12-6-11(3)16-21-12/h6,8,10,20H,4-5,7,9H2,1-3H3. The molecule has 1 atom stereocenters. The van der Waals surface area contributed by atoms with E-state index < -0.39 is 5.60 Å². The Morgan fingerprint density at radius 2 is 2.29 bits per heavy atom. The summed E-state index contributed by atoms with van der Waals surface area (Å²) in [7, 11) is 0. The van der Waals surface area contributed by atoms with Crippen molar-refractivity contribution in [2.45, 2.75) is 45.4 Å². The molecule has 1 N–H and O–H groups in total. The van der Waals surface area contributed by atoms with Gasteiger partial charge in [-0.2, -0.15) is 0 Å². The molecule has 2 aromatic heterocycles. The highest BCUT2D eigenvalue weighted by Gasteiger charge is 2.40. The number of aryl methyl sites for hydroxylation is 1. The Morgan fingerprint density at radius 3 is 2.90 bits per heavy atom. The van der Waals surface area contributed by atoms with E-state index in [4.69, 9.17) is 4.52 Å². The smallest absolute Gasteiger partial charge is 0.150 e. The molecule has 3 heterocycles. The third-order valence-corrected chi connectivity index (χ3v) is 3.90. The van der Waals surface area contributed by atoms with Crippen molar-refractivity contribution in [3.8, 4) is 0 Å². The molecule has 21 heavy (non-hydrogen) atoms. The van der Waals surface area contributed by atoms with Crippen LogP contribution in [0, 0.1) is 6.92 Å². The normalized spacial score (nSPS) is 23.3. The quantitative estimate of drug-likeness (QED) is 0.913. The first-order valence-electron chi connectivity index (χ1n) is 7.25. The number of rotatable bonds is 4. The van der Waals surface area contributed by atoms with Crippen molar-refractivity contribution in [2.75, 3.05) is 13.1 Å². The molecule has 1 saturated heterocycles. The summed E-state index contributed by atoms with van der Waals surface area (Å²) >= 11 is 0. The number of likely N-dealkylation sites (tertiary alicyclic amines) is 1. The molecule has 3 rings (SSSR count). The zero-order valence-electron chi connectivity index (χ0n) is 12.7. The first-order valence-corrected chi connectivity index (χ1v) is 7.25. The Balaban J connectivity index is 1.69. The molecule has 1 unspecified atom stereocenters. The molecule has 7 nitrogen and oxygen atoms in total. The first-order chi connectivity index (χ1) is 9.96. The highest BCUT2D eigenvalue weighted by Crippen LogP contribution is 2.31. The highest BCUT2D eigenvalue weighted by molar-refractivity contribution is 5.12. The lowest BCUT2D eigenvalue weighted by atomic mass is 10.00. The number of aromatic nitrogens is 4. The van der Waals surface area contributed by atoms with Crippen LogP contribution in [0.15, 0.2) is 16.8 Å². The van der Waals surface area contributed by atoms with Gasteiger partial charge in [-0.25, -0.2) is 4.68 Å². The van der Waals surface area contributed by atoms with Crippen LogP contribution in [-0.4, -0.2) is 43.2 Å². The molecular formula is C14H21N5O2. The topological polar surface area (TPSA) is 80.2 Å². The lowest BCUT2D eigenvalue weighted by molar-refractivity contribution is 0.0399. The SMILES string of the molecule is Cc1cc(CN2CCC(O)(c3cn(C(C)C)nn3)C2)on1. The van der Waals surface area contributed by atoms with Crippen molar-refractivity contribution >= 4 is 0 Å². The zero-order valence-corrected chi connectivity index (χ0v) is 12.7. The van der Waals surface area contributed by atoms with E-state index in [1.165, 1.54) is 0 Å². The molecule has 0 saturated carbocycles. The molecule has 1 aliphatic heterocycles. The monoisotopic (exact) mass is 291 g/mol. The van der Waals surface area contributed by atoms with Crippen LogP contribution in [-0.2, 0) is 12.1 Å². The predicted octanol–water partition coefficient (Wildman–Crippen LogP) is 1.25. The van der Waals surface area contributed by atoms with Crippen molar-refractivity contribution in [2.24, 2.45) is 0 Å². The van der Waals surface area contributed by atoms with E-state index in [9.17, 15) is 5.11 Å². The number of hydrogen-bond acceptors (Lipinski definition) is 6. The van der Waals surface area contributed by atoms with Gasteiger partial charge in [0.15, 0.2) is 5.76 Å². The number of nitrogens with zero attached hydrogens (tertiary/aromatic N) is 5. The molecule has 0 radical (unpaired) electrons. The van der Waals surface area contributed by atoms with Gasteiger partial charge in [-0.15, -0.1) is 5.10 Å². The van der Waals surface area contributed by atoms with E-state index in [2.05, 4.69) is 20.4 Å². The summed E-state index contributed by atoms with van der Waals surface area (Å²) < 4.78 is 7.00. The zero-order chi connectivity index (χ0) is 15.0. The van der Waals surface area contributed by atoms with E-state index in [0.717, 1.165) is 18.0 Å². The summed E-state index contributed by atoms with van der Waals surface area (Å²) in [4.78, 5) is 2.15. The molecule has 1 fully saturated rings. The number of hydrogen-bond donors (Lipinski definition) is 1. The number of β-amino-alcohol motifs (C(OH)–C–C–N with tert-alkyl or cyclic N) is 1. The lowest BCUT2D eigenvalue weighted by Gasteiger charge is -2.20. The van der Waals surface area contributed by atoms with E-state index in [0.29, 0.717) is 25.2 Å². The Kier molecular flexibility index (Phi) is 3.54. The van der Waals surface area contributed by atoms with Gasteiger partial charge in [-0.05, 0) is 27.2 Å². The second-order valence-electron chi connectivity index (χ2n) is 6.10. The summed E-state index contributed by atoms with van der Waals surface area (Å²) in [6.45, 7) is 7.96. The summed E-state index contributed by atoms with van der Waals surface area (Å²) in [5.74, 6) is 0.822. The van der Waals surface area contributed by atoms with Gasteiger partial charge < -0.3 is 9.63 Å². The Labute approximate surface area is 123 Å². The average molecular weight is 291 g/mol. The minimum Gasteiger partial charge on any atom is -0.382 e. The fourth-order valence-electron chi connectivity index (χ4n) is 2.67. The van der Waals surface area contributed by atoms with Gasteiger partial charge in [0.25, 0.3) is 0 Å². The maximum Gasteiger partial charge on any atom is 0.150 e. The molecule has 114 valence electrons. The Morgan fingerprint density at radius 1 is 1.48 bits per heavy atom. The second-order valence-corrected chi connectivity index (χ2v) is 6.10. The summed E-state index contributed by atoms with van der Waals surface area (Å²) in [6.07, 6.45) is 2.49. The predicted molar refractivity (Wildman–Crippen MR) is 75.4 cm³/mol. The van der Waals surface area contributed by atoms with Gasteiger partial charge in [-0.3, -0.25) is 4.90 Å². The van der Waals surface area contributed by atoms with Crippen LogP contribution in [0.1, 0.15) is 43.5 Å². The molecular weight excluding hydrogens is 270 g/mol. The summed E-state index contributed by atoms with van der Waals surface area (Å²) in [5.41, 5.74) is 0.592. The van der Waals surface area contributed by atoms with Crippen molar-refractivity contribution in [3.05, 3.63) is 29.4 Å². The average Bonchev–Trinajstić information content (AvgIpc) is 3.11. The van der Waals surface area contributed by atoms with Crippen LogP contribution in [0.5, 0.6) is 0 Å². The first kappa shape index (κ1) is 14.2. The molecule has 0 aromatic carbocycles. The molecule has 0 amide bonds. The van der Waals surface area contributed by atoms with Crippen molar-refractivity contribution < 1.29 is 9.63 Å². The fraction of sp³-hybridized carbons (Fsp3) is 0.643. The highest BCUT2D eigenvalue weighted by atomic mass is 16.5. The second kappa shape index (κ2) is 5.23. The van der Waals surface area contributed by atoms with E-state index >= 15 is 0 Å². The van der Waals surface area contributed by atoms with Crippen LogP contribution in [0.25, 0.3) is 0 Å². The molecule has 2 aromatic rings. The number of aliphatic hydroxyl groups is 1. The lowest BCUT2D eigenvalue weighted by Crippen LogP contribution is -2.31. The molecule has 1 aliphatic rings. The van der Waals surface area contributed by atoms with Crippen LogP contribution in [0.3, 0.4) is 0 Å². The van der Waals surface area contributed by atoms with Gasteiger partial charge in [0, 0.05) is 25.2 Å². The van der Waals surface area contributed by atoms with Crippen molar-refractivity contribution in [1.29, 1.82) is 0 Å². The third-order valence-electron chi connectivity index (χ3n) is 3.90. The van der Waals surface area contributed by atoms with Crippen LogP contribution in [0.2, 0.25) is 0 Å². The minimum atomic E-state index is -0.928. The summed E-state index contributed by atoms with van der Waals surface area (Å²) in [5, 5.41) is 22.9. The van der Waals surface area contributed by atoms with Crippen LogP contribution >= 0.6 is 0 Å². The van der Waals surface area contributed by atoms with Gasteiger partial charge in [0.2, 0.25) is 0 Å². The summed E-state index contributed by atoms with van der Waals surface area (Å²) in [6, 6.07) is 2.16. The van der Waals surface area contributed by atoms with Gasteiger partial charge in [-0.1, -0.05) is 10.4 Å². The maximum absolute atomic E-state index is 10.8.